The van der Waals surface area contributed by atoms with Crippen LogP contribution in [0.1, 0.15) is 55.5 Å². The second-order valence-electron chi connectivity index (χ2n) is 28.6. The van der Waals surface area contributed by atoms with Crippen LogP contribution in [0.25, 0.3) is 176 Å². The zero-order chi connectivity index (χ0) is 69.6. The molecule has 0 bridgehead atoms. The van der Waals surface area contributed by atoms with E-state index in [9.17, 15) is 18.4 Å². The molecule has 3 nitrogen and oxygen atoms in total. The van der Waals surface area contributed by atoms with Crippen LogP contribution in [0.15, 0.2) is 303 Å². The van der Waals surface area contributed by atoms with Gasteiger partial charge in [0.15, 0.2) is 0 Å². The van der Waals surface area contributed by atoms with Gasteiger partial charge < -0.3 is 0 Å². The lowest BCUT2D eigenvalue weighted by atomic mass is 9.81. The molecule has 16 aromatic carbocycles. The fourth-order valence-electron chi connectivity index (χ4n) is 17.0. The third-order valence-corrected chi connectivity index (χ3v) is 22.1. The van der Waals surface area contributed by atoms with Gasteiger partial charge in [-0.25, -0.2) is 23.1 Å². The zero-order valence-corrected chi connectivity index (χ0v) is 56.8. The number of pyridine rings is 2. The quantitative estimate of drug-likeness (QED) is 0.156. The van der Waals surface area contributed by atoms with Crippen molar-refractivity contribution < 1.29 is 13.2 Å². The molecule has 0 aliphatic heterocycles. The van der Waals surface area contributed by atoms with Crippen molar-refractivity contribution in [1.82, 2.24) is 9.97 Å². The lowest BCUT2D eigenvalue weighted by molar-refractivity contribution is 0.609. The topological polar surface area (TPSA) is 49.6 Å². The van der Waals surface area contributed by atoms with Crippen LogP contribution in [0, 0.1) is 28.8 Å². The highest BCUT2D eigenvalue weighted by Gasteiger charge is 2.37. The fourth-order valence-corrected chi connectivity index (χ4v) is 17.0. The SMILES string of the molecule is CC1(C)c2cc(C#N)ccc2-c2ccc(-c3cccc(-c4ccc5c(c4)nc(-c4ccc(F)cc4)c4c6ccccc6c6ccccc6c54)c3)cc21.CC1(C)c2cc(F)ccc2-c2ccc(-c3cccc(-c4ccc5c(c4)nc(-c4ccc(F)cc4)c4c6ccccc6c6ccccc6c54)c3)cc21. The number of rotatable bonds is 6. The van der Waals surface area contributed by atoms with Gasteiger partial charge in [-0.2, -0.15) is 5.26 Å². The van der Waals surface area contributed by atoms with Crippen molar-refractivity contribution in [2.45, 2.75) is 38.5 Å². The Morgan fingerprint density at radius 1 is 0.252 bits per heavy atom. The van der Waals surface area contributed by atoms with Crippen molar-refractivity contribution >= 4 is 86.4 Å². The van der Waals surface area contributed by atoms with Crippen LogP contribution in [-0.2, 0) is 10.8 Å². The third kappa shape index (κ3) is 9.79. The van der Waals surface area contributed by atoms with Crippen molar-refractivity contribution in [3.05, 3.63) is 349 Å². The molecular formula is C97H62F3N3. The molecule has 2 aliphatic carbocycles. The van der Waals surface area contributed by atoms with Crippen LogP contribution >= 0.6 is 0 Å². The number of aromatic nitrogens is 2. The summed E-state index contributed by atoms with van der Waals surface area (Å²) in [5.41, 5.74) is 23.7. The number of fused-ring (bicyclic) bond motifs is 22. The molecule has 6 heteroatoms. The maximum Gasteiger partial charge on any atom is 0.123 e. The first kappa shape index (κ1) is 61.3. The normalized spacial score (nSPS) is 13.1. The Balaban J connectivity index is 0.000000142. The first-order valence-corrected chi connectivity index (χ1v) is 35.0. The van der Waals surface area contributed by atoms with Crippen LogP contribution in [0.2, 0.25) is 0 Å². The summed E-state index contributed by atoms with van der Waals surface area (Å²) in [4.78, 5) is 10.7. The molecule has 0 spiro atoms. The molecule has 103 heavy (non-hydrogen) atoms. The van der Waals surface area contributed by atoms with Gasteiger partial charge in [-0.15, -0.1) is 0 Å². The minimum atomic E-state index is -0.301. The monoisotopic (exact) mass is 1330 g/mol. The fraction of sp³-hybridized carbons (Fsp3) is 0.0619. The van der Waals surface area contributed by atoms with Gasteiger partial charge in [-0.1, -0.05) is 222 Å². The predicted molar refractivity (Wildman–Crippen MR) is 421 cm³/mol. The molecule has 0 N–H and O–H groups in total. The number of halogens is 3. The summed E-state index contributed by atoms with van der Waals surface area (Å²) < 4.78 is 42.6. The number of hydrogen-bond acceptors (Lipinski definition) is 3. The standard InChI is InChI=1S/C49H31FN2.C48H31F2N/c1-49(2)43-24-29(28-51)14-21-38(43)39-22-17-33(26-44(39)49)31-8-7-9-32(25-31)34-18-23-42-45(27-34)52-48(30-15-19-35(50)20-16-30)47-41-13-6-4-11-37(41)36-10-3-5-12-40(36)46(42)47;1-48(2)42-25-31(16-21-37(42)38-23-20-34(50)27-43(38)48)29-8-7-9-30(24-29)32-17-22-41-44(26-32)51-47(28-14-18-33(49)19-15-28)46-40-13-6-4-11-36(40)35-10-3-5-12-39(35)45(41)46/h3-27H,1-2H3;3-27H,1-2H3. The van der Waals surface area contributed by atoms with Crippen molar-refractivity contribution in [2.75, 3.05) is 0 Å². The van der Waals surface area contributed by atoms with Crippen molar-refractivity contribution in [1.29, 1.82) is 5.26 Å². The van der Waals surface area contributed by atoms with Gasteiger partial charge in [0.05, 0.1) is 34.1 Å². The maximum atomic E-state index is 14.3. The molecular weight excluding hydrogens is 1260 g/mol. The van der Waals surface area contributed by atoms with Crippen LogP contribution in [0.5, 0.6) is 0 Å². The smallest absolute Gasteiger partial charge is 0.123 e. The molecule has 0 radical (unpaired) electrons. The number of benzene rings is 16. The van der Waals surface area contributed by atoms with E-state index in [1.165, 1.54) is 90.0 Å². The Kier molecular flexibility index (Phi) is 13.9. The lowest BCUT2D eigenvalue weighted by Crippen LogP contribution is -2.15. The molecule has 20 rings (SSSR count). The lowest BCUT2D eigenvalue weighted by Gasteiger charge is -2.22. The Bertz CT molecular complexity index is 6720. The van der Waals surface area contributed by atoms with E-state index in [0.717, 1.165) is 132 Å². The molecule has 0 amide bonds. The van der Waals surface area contributed by atoms with E-state index in [0.29, 0.717) is 5.56 Å². The predicted octanol–water partition coefficient (Wildman–Crippen LogP) is 26.3. The maximum absolute atomic E-state index is 14.3. The average Bonchev–Trinajstić information content (AvgIpc) is 1.68. The summed E-state index contributed by atoms with van der Waals surface area (Å²) in [6.07, 6.45) is 0. The van der Waals surface area contributed by atoms with E-state index in [2.05, 4.69) is 258 Å². The van der Waals surface area contributed by atoms with Crippen LogP contribution in [0.4, 0.5) is 13.2 Å². The van der Waals surface area contributed by atoms with Gasteiger partial charge in [0.1, 0.15) is 17.5 Å². The van der Waals surface area contributed by atoms with E-state index in [4.69, 9.17) is 9.97 Å². The molecule has 18 aromatic rings. The Morgan fingerprint density at radius 2 is 0.553 bits per heavy atom. The molecule has 0 saturated heterocycles. The van der Waals surface area contributed by atoms with Gasteiger partial charge in [-0.05, 0) is 241 Å². The largest absolute Gasteiger partial charge is 0.247 e. The second kappa shape index (κ2) is 23.4. The molecule has 2 aromatic heterocycles. The molecule has 0 fully saturated rings. The van der Waals surface area contributed by atoms with Crippen molar-refractivity contribution in [3.8, 4) is 95.3 Å². The van der Waals surface area contributed by atoms with Crippen LogP contribution in [0.3, 0.4) is 0 Å². The number of hydrogen-bond donors (Lipinski definition) is 0. The number of nitrogens with zero attached hydrogens (tertiary/aromatic N) is 3. The first-order valence-electron chi connectivity index (χ1n) is 35.0. The highest BCUT2D eigenvalue weighted by atomic mass is 19.1. The van der Waals surface area contributed by atoms with E-state index in [-0.39, 0.29) is 28.3 Å². The summed E-state index contributed by atoms with van der Waals surface area (Å²) in [6, 6.07) is 105. The highest BCUT2D eigenvalue weighted by molar-refractivity contribution is 6.35. The molecule has 2 heterocycles. The Labute approximate surface area is 593 Å². The third-order valence-electron chi connectivity index (χ3n) is 22.1. The minimum absolute atomic E-state index is 0.202. The van der Waals surface area contributed by atoms with Gasteiger partial charge in [0.2, 0.25) is 0 Å². The van der Waals surface area contributed by atoms with Gasteiger partial charge in [0, 0.05) is 54.3 Å². The van der Waals surface area contributed by atoms with Gasteiger partial charge in [-0.3, -0.25) is 0 Å². The van der Waals surface area contributed by atoms with E-state index in [1.54, 1.807) is 12.1 Å². The molecule has 0 saturated carbocycles. The molecule has 0 atom stereocenters. The summed E-state index contributed by atoms with van der Waals surface area (Å²) in [5.74, 6) is -0.741. The van der Waals surface area contributed by atoms with E-state index < -0.39 is 0 Å². The highest BCUT2D eigenvalue weighted by Crippen LogP contribution is 2.53. The first-order chi connectivity index (χ1) is 50.2. The average molecular weight is 1330 g/mol. The minimum Gasteiger partial charge on any atom is -0.247 e. The number of nitriles is 1. The Morgan fingerprint density at radius 3 is 0.951 bits per heavy atom. The van der Waals surface area contributed by atoms with E-state index >= 15 is 0 Å². The van der Waals surface area contributed by atoms with Gasteiger partial charge >= 0.3 is 0 Å². The molecule has 2 aliphatic rings. The summed E-state index contributed by atoms with van der Waals surface area (Å²) in [7, 11) is 0. The van der Waals surface area contributed by atoms with Gasteiger partial charge in [0.25, 0.3) is 0 Å². The van der Waals surface area contributed by atoms with Crippen LogP contribution < -0.4 is 0 Å². The second-order valence-corrected chi connectivity index (χ2v) is 28.6. The van der Waals surface area contributed by atoms with Crippen molar-refractivity contribution in [3.63, 3.8) is 0 Å². The van der Waals surface area contributed by atoms with E-state index in [1.807, 2.05) is 42.5 Å². The Hall–Kier alpha value is -12.8. The van der Waals surface area contributed by atoms with Crippen molar-refractivity contribution in [2.24, 2.45) is 0 Å². The summed E-state index contributed by atoms with van der Waals surface area (Å²) >= 11 is 0. The zero-order valence-electron chi connectivity index (χ0n) is 56.8. The van der Waals surface area contributed by atoms with Crippen LogP contribution in [-0.4, -0.2) is 9.97 Å². The summed E-state index contributed by atoms with van der Waals surface area (Å²) in [5, 5.41) is 25.5. The molecule has 486 valence electrons. The molecule has 0 unspecified atom stereocenters. The summed E-state index contributed by atoms with van der Waals surface area (Å²) in [6.45, 7) is 8.85.